The van der Waals surface area contributed by atoms with Gasteiger partial charge in [-0.05, 0) is 88.9 Å². The Morgan fingerprint density at radius 2 is 1.85 bits per heavy atom. The van der Waals surface area contributed by atoms with Gasteiger partial charge in [-0.1, -0.05) is 6.07 Å². The first kappa shape index (κ1) is 18.7. The van der Waals surface area contributed by atoms with Gasteiger partial charge in [-0.15, -0.1) is 0 Å². The van der Waals surface area contributed by atoms with Gasteiger partial charge in [0.1, 0.15) is 11.5 Å². The molecule has 2 aromatic rings. The molecule has 1 amide bonds. The van der Waals surface area contributed by atoms with Crippen molar-refractivity contribution in [2.24, 2.45) is 5.92 Å². The van der Waals surface area contributed by atoms with E-state index in [0.717, 1.165) is 61.7 Å². The van der Waals surface area contributed by atoms with Crippen LogP contribution in [0.3, 0.4) is 0 Å². The zero-order valence-corrected chi connectivity index (χ0v) is 16.4. The molecule has 0 atom stereocenters. The second kappa shape index (κ2) is 8.09. The van der Waals surface area contributed by atoms with Crippen LogP contribution in [-0.4, -0.2) is 30.4 Å². The molecule has 1 aliphatic heterocycles. The van der Waals surface area contributed by atoms with Crippen LogP contribution in [-0.2, 0) is 6.54 Å². The lowest BCUT2D eigenvalue weighted by atomic mass is 9.96. The van der Waals surface area contributed by atoms with E-state index in [1.54, 1.807) is 0 Å². The average Bonchev–Trinajstić information content (AvgIpc) is 2.93. The van der Waals surface area contributed by atoms with Gasteiger partial charge in [0.05, 0.1) is 0 Å². The molecule has 0 bridgehead atoms. The first-order valence-electron chi connectivity index (χ1n) is 9.56. The molecule has 0 saturated carbocycles. The Morgan fingerprint density at radius 1 is 1.12 bits per heavy atom. The smallest absolute Gasteiger partial charge is 0.251 e. The molecule has 4 nitrogen and oxygen atoms in total. The summed E-state index contributed by atoms with van der Waals surface area (Å²) >= 11 is 0. The van der Waals surface area contributed by atoms with E-state index in [1.807, 2.05) is 39.0 Å². The van der Waals surface area contributed by atoms with E-state index in [0.29, 0.717) is 5.92 Å². The monoisotopic (exact) mass is 354 g/mol. The molecule has 2 heterocycles. The van der Waals surface area contributed by atoms with Crippen LogP contribution >= 0.6 is 0 Å². The Kier molecular flexibility index (Phi) is 5.82. The molecular formula is C22H30N2O2. The number of furan rings is 1. The van der Waals surface area contributed by atoms with Gasteiger partial charge >= 0.3 is 0 Å². The van der Waals surface area contributed by atoms with Crippen LogP contribution in [0.5, 0.6) is 0 Å². The van der Waals surface area contributed by atoms with Gasteiger partial charge < -0.3 is 9.73 Å². The molecule has 1 N–H and O–H groups in total. The van der Waals surface area contributed by atoms with E-state index in [4.69, 9.17) is 4.42 Å². The molecule has 1 fully saturated rings. The topological polar surface area (TPSA) is 45.5 Å². The van der Waals surface area contributed by atoms with Gasteiger partial charge in [0.15, 0.2) is 0 Å². The summed E-state index contributed by atoms with van der Waals surface area (Å²) in [6.45, 7) is 12.0. The maximum absolute atomic E-state index is 12.4. The summed E-state index contributed by atoms with van der Waals surface area (Å²) in [7, 11) is 0. The second-order valence-corrected chi connectivity index (χ2v) is 7.67. The van der Waals surface area contributed by atoms with Gasteiger partial charge in [-0.25, -0.2) is 0 Å². The van der Waals surface area contributed by atoms with Gasteiger partial charge in [-0.2, -0.15) is 0 Å². The third kappa shape index (κ3) is 4.55. The molecule has 0 unspecified atom stereocenters. The summed E-state index contributed by atoms with van der Waals surface area (Å²) in [6, 6.07) is 8.05. The lowest BCUT2D eigenvalue weighted by molar-refractivity contribution is 0.0935. The number of carbonyl (C=O) groups is 1. The van der Waals surface area contributed by atoms with E-state index in [9.17, 15) is 4.79 Å². The molecule has 1 saturated heterocycles. The van der Waals surface area contributed by atoms with E-state index in [1.165, 1.54) is 11.1 Å². The van der Waals surface area contributed by atoms with Crippen LogP contribution in [0.2, 0.25) is 0 Å². The van der Waals surface area contributed by atoms with Crippen LogP contribution in [0.15, 0.2) is 28.7 Å². The number of likely N-dealkylation sites (tertiary alicyclic amines) is 1. The number of aryl methyl sites for hydroxylation is 4. The molecule has 0 aliphatic carbocycles. The number of benzene rings is 1. The minimum atomic E-state index is 0.0417. The number of hydrogen-bond donors (Lipinski definition) is 1. The Labute approximate surface area is 156 Å². The molecule has 0 radical (unpaired) electrons. The maximum Gasteiger partial charge on any atom is 0.251 e. The molecule has 140 valence electrons. The fraction of sp³-hybridized carbons (Fsp3) is 0.500. The summed E-state index contributed by atoms with van der Waals surface area (Å²) in [5.41, 5.74) is 4.44. The van der Waals surface area contributed by atoms with Crippen molar-refractivity contribution in [2.45, 2.75) is 47.1 Å². The quantitative estimate of drug-likeness (QED) is 0.877. The summed E-state index contributed by atoms with van der Waals surface area (Å²) < 4.78 is 5.63. The van der Waals surface area contributed by atoms with Crippen LogP contribution in [0.25, 0.3) is 0 Å². The number of rotatable bonds is 5. The van der Waals surface area contributed by atoms with Crippen LogP contribution in [0, 0.1) is 33.6 Å². The number of nitrogens with one attached hydrogen (secondary N) is 1. The highest BCUT2D eigenvalue weighted by Gasteiger charge is 2.21. The first-order chi connectivity index (χ1) is 12.4. The Morgan fingerprint density at radius 3 is 2.46 bits per heavy atom. The lowest BCUT2D eigenvalue weighted by Gasteiger charge is -2.31. The Balaban J connectivity index is 1.44. The van der Waals surface area contributed by atoms with E-state index >= 15 is 0 Å². The van der Waals surface area contributed by atoms with Gasteiger partial charge in [0.2, 0.25) is 0 Å². The average molecular weight is 354 g/mol. The number of piperidine rings is 1. The minimum Gasteiger partial charge on any atom is -0.466 e. The number of nitrogens with zero attached hydrogens (tertiary/aromatic N) is 1. The van der Waals surface area contributed by atoms with E-state index in [2.05, 4.69) is 23.2 Å². The van der Waals surface area contributed by atoms with Crippen molar-refractivity contribution < 1.29 is 9.21 Å². The van der Waals surface area contributed by atoms with Crippen LogP contribution < -0.4 is 5.32 Å². The maximum atomic E-state index is 12.4. The van der Waals surface area contributed by atoms with Crippen LogP contribution in [0.4, 0.5) is 0 Å². The summed E-state index contributed by atoms with van der Waals surface area (Å²) in [6.07, 6.45) is 2.26. The van der Waals surface area contributed by atoms with Crippen LogP contribution in [0.1, 0.15) is 51.4 Å². The van der Waals surface area contributed by atoms with Crippen molar-refractivity contribution in [3.63, 3.8) is 0 Å². The normalized spacial score (nSPS) is 16.0. The summed E-state index contributed by atoms with van der Waals surface area (Å²) in [4.78, 5) is 14.8. The molecule has 4 heteroatoms. The SMILES string of the molecule is Cc1cc(CN2CCC(CNC(=O)c3ccc(C)c(C)c3)CC2)c(C)o1. The predicted octanol–water partition coefficient (Wildman–Crippen LogP) is 4.16. The minimum absolute atomic E-state index is 0.0417. The highest BCUT2D eigenvalue weighted by Crippen LogP contribution is 2.21. The van der Waals surface area contributed by atoms with Crippen molar-refractivity contribution in [1.29, 1.82) is 0 Å². The molecule has 26 heavy (non-hydrogen) atoms. The number of hydrogen-bond acceptors (Lipinski definition) is 3. The molecule has 1 aromatic carbocycles. The van der Waals surface area contributed by atoms with E-state index < -0.39 is 0 Å². The molecule has 1 aromatic heterocycles. The van der Waals surface area contributed by atoms with Crippen molar-refractivity contribution in [2.75, 3.05) is 19.6 Å². The fourth-order valence-electron chi connectivity index (χ4n) is 3.65. The Bertz CT molecular complexity index is 770. The second-order valence-electron chi connectivity index (χ2n) is 7.67. The predicted molar refractivity (Wildman–Crippen MR) is 104 cm³/mol. The number of carbonyl (C=O) groups excluding carboxylic acids is 1. The third-order valence-electron chi connectivity index (χ3n) is 5.57. The van der Waals surface area contributed by atoms with Crippen molar-refractivity contribution in [1.82, 2.24) is 10.2 Å². The molecule has 1 aliphatic rings. The Hall–Kier alpha value is -2.07. The zero-order valence-electron chi connectivity index (χ0n) is 16.4. The van der Waals surface area contributed by atoms with Crippen molar-refractivity contribution in [3.05, 3.63) is 58.0 Å². The first-order valence-corrected chi connectivity index (χ1v) is 9.56. The van der Waals surface area contributed by atoms with Crippen molar-refractivity contribution in [3.8, 4) is 0 Å². The van der Waals surface area contributed by atoms with Crippen molar-refractivity contribution >= 4 is 5.91 Å². The fourth-order valence-corrected chi connectivity index (χ4v) is 3.65. The highest BCUT2D eigenvalue weighted by molar-refractivity contribution is 5.94. The third-order valence-corrected chi connectivity index (χ3v) is 5.57. The van der Waals surface area contributed by atoms with Gasteiger partial charge in [0.25, 0.3) is 5.91 Å². The highest BCUT2D eigenvalue weighted by atomic mass is 16.3. The van der Waals surface area contributed by atoms with E-state index in [-0.39, 0.29) is 5.91 Å². The largest absolute Gasteiger partial charge is 0.466 e. The lowest BCUT2D eigenvalue weighted by Crippen LogP contribution is -2.38. The molecule has 0 spiro atoms. The molecule has 3 rings (SSSR count). The van der Waals surface area contributed by atoms with Gasteiger partial charge in [0, 0.05) is 24.2 Å². The van der Waals surface area contributed by atoms with Gasteiger partial charge in [-0.3, -0.25) is 9.69 Å². The summed E-state index contributed by atoms with van der Waals surface area (Å²) in [5, 5.41) is 3.12. The summed E-state index contributed by atoms with van der Waals surface area (Å²) in [5.74, 6) is 2.63. The molecular weight excluding hydrogens is 324 g/mol. The number of amides is 1. The standard InChI is InChI=1S/C22H30N2O2/c1-15-5-6-20(11-16(15)2)22(25)23-13-19-7-9-24(10-8-19)14-21-12-17(3)26-18(21)4/h5-6,11-12,19H,7-10,13-14H2,1-4H3,(H,23,25). The zero-order chi connectivity index (χ0) is 18.7.